The summed E-state index contributed by atoms with van der Waals surface area (Å²) in [6, 6.07) is 4.74. The molecule has 0 atom stereocenters. The predicted molar refractivity (Wildman–Crippen MR) is 81.6 cm³/mol. The first-order valence-corrected chi connectivity index (χ1v) is 7.38. The van der Waals surface area contributed by atoms with Gasteiger partial charge in [-0.1, -0.05) is 0 Å². The number of nitro groups is 1. The summed E-state index contributed by atoms with van der Waals surface area (Å²) in [6.07, 6.45) is 0. The van der Waals surface area contributed by atoms with Crippen LogP contribution in [0, 0.1) is 17.0 Å². The van der Waals surface area contributed by atoms with Crippen molar-refractivity contribution in [3.8, 4) is 0 Å². The van der Waals surface area contributed by atoms with Crippen LogP contribution in [0.5, 0.6) is 0 Å². The van der Waals surface area contributed by atoms with Gasteiger partial charge >= 0.3 is 0 Å². The summed E-state index contributed by atoms with van der Waals surface area (Å²) in [7, 11) is 1.92. The van der Waals surface area contributed by atoms with E-state index in [9.17, 15) is 10.1 Å². The maximum Gasteiger partial charge on any atom is 0.269 e. The molecule has 2 aromatic rings. The number of halogens is 1. The van der Waals surface area contributed by atoms with Crippen molar-refractivity contribution in [3.05, 3.63) is 50.0 Å². The van der Waals surface area contributed by atoms with Crippen molar-refractivity contribution in [1.29, 1.82) is 0 Å². The molecule has 7 heteroatoms. The minimum absolute atomic E-state index is 0.0577. The molecule has 0 spiro atoms. The first-order chi connectivity index (χ1) is 9.51. The molecule has 0 aliphatic heterocycles. The Kier molecular flexibility index (Phi) is 4.57. The highest BCUT2D eigenvalue weighted by Gasteiger charge is 2.14. The van der Waals surface area contributed by atoms with Gasteiger partial charge in [0.1, 0.15) is 0 Å². The molecule has 0 amide bonds. The van der Waals surface area contributed by atoms with Gasteiger partial charge in [0.05, 0.1) is 22.2 Å². The first-order valence-electron chi connectivity index (χ1n) is 5.96. The second kappa shape index (κ2) is 6.19. The van der Waals surface area contributed by atoms with Gasteiger partial charge < -0.3 is 4.90 Å². The third-order valence-corrected chi connectivity index (χ3v) is 4.01. The van der Waals surface area contributed by atoms with Crippen LogP contribution >= 0.6 is 22.9 Å². The molecule has 0 aliphatic carbocycles. The van der Waals surface area contributed by atoms with Gasteiger partial charge in [-0.3, -0.25) is 10.1 Å². The van der Waals surface area contributed by atoms with E-state index in [0.717, 1.165) is 22.0 Å². The summed E-state index contributed by atoms with van der Waals surface area (Å²) in [5.74, 6) is 0.234. The summed E-state index contributed by atoms with van der Waals surface area (Å²) in [6.45, 7) is 2.61. The van der Waals surface area contributed by atoms with E-state index in [0.29, 0.717) is 6.54 Å². The van der Waals surface area contributed by atoms with E-state index in [1.807, 2.05) is 24.3 Å². The molecule has 1 aromatic carbocycles. The van der Waals surface area contributed by atoms with Crippen LogP contribution in [0.4, 0.5) is 11.4 Å². The molecule has 0 saturated heterocycles. The number of rotatable bonds is 5. The predicted octanol–water partition coefficient (Wildman–Crippen LogP) is 3.73. The number of non-ortho nitro benzene ring substituents is 1. The van der Waals surface area contributed by atoms with Crippen LogP contribution in [-0.2, 0) is 12.4 Å². The normalized spacial score (nSPS) is 10.6. The monoisotopic (exact) mass is 311 g/mol. The number of hydrogen-bond acceptors (Lipinski definition) is 5. The maximum atomic E-state index is 10.8. The Morgan fingerprint density at radius 1 is 1.50 bits per heavy atom. The van der Waals surface area contributed by atoms with E-state index < -0.39 is 4.92 Å². The van der Waals surface area contributed by atoms with Crippen LogP contribution in [-0.4, -0.2) is 17.0 Å². The van der Waals surface area contributed by atoms with Gasteiger partial charge in [0.15, 0.2) is 0 Å². The molecule has 0 radical (unpaired) electrons. The number of thiazole rings is 1. The Morgan fingerprint density at radius 2 is 2.25 bits per heavy atom. The van der Waals surface area contributed by atoms with Gasteiger partial charge in [0.25, 0.3) is 5.69 Å². The third kappa shape index (κ3) is 3.26. The van der Waals surface area contributed by atoms with Gasteiger partial charge in [0.2, 0.25) is 0 Å². The van der Waals surface area contributed by atoms with E-state index >= 15 is 0 Å². The number of aromatic nitrogens is 1. The second-order valence-corrected chi connectivity index (χ2v) is 5.75. The van der Waals surface area contributed by atoms with Crippen molar-refractivity contribution in [1.82, 2.24) is 4.98 Å². The van der Waals surface area contributed by atoms with Crippen LogP contribution in [0.15, 0.2) is 23.6 Å². The highest BCUT2D eigenvalue weighted by Crippen LogP contribution is 2.27. The lowest BCUT2D eigenvalue weighted by Crippen LogP contribution is -2.18. The third-order valence-electron chi connectivity index (χ3n) is 2.89. The Balaban J connectivity index is 2.24. The molecular formula is C13H14ClN3O2S. The molecule has 0 aliphatic rings. The largest absolute Gasteiger partial charge is 0.368 e. The molecule has 0 fully saturated rings. The number of hydrogen-bond donors (Lipinski definition) is 0. The lowest BCUT2D eigenvalue weighted by molar-refractivity contribution is -0.384. The van der Waals surface area contributed by atoms with Crippen molar-refractivity contribution in [2.75, 3.05) is 11.9 Å². The average Bonchev–Trinajstić information content (AvgIpc) is 2.83. The fraction of sp³-hybridized carbons (Fsp3) is 0.308. The summed E-state index contributed by atoms with van der Waals surface area (Å²) < 4.78 is 0. The van der Waals surface area contributed by atoms with E-state index in [2.05, 4.69) is 4.98 Å². The molecular weight excluding hydrogens is 298 g/mol. The van der Waals surface area contributed by atoms with Crippen LogP contribution in [0.1, 0.15) is 16.3 Å². The standard InChI is InChI=1S/C13H14ClN3O2S/c1-9-15-11(8-20-9)7-16(2)13-4-3-12(17(18)19)5-10(13)6-14/h3-5,8H,6-7H2,1-2H3. The zero-order valence-corrected chi connectivity index (χ0v) is 12.7. The number of nitro benzene ring substituents is 1. The molecule has 106 valence electrons. The molecule has 5 nitrogen and oxygen atoms in total. The fourth-order valence-corrected chi connectivity index (χ4v) is 2.79. The smallest absolute Gasteiger partial charge is 0.269 e. The van der Waals surface area contributed by atoms with Crippen molar-refractivity contribution in [3.63, 3.8) is 0 Å². The molecule has 20 heavy (non-hydrogen) atoms. The van der Waals surface area contributed by atoms with Gasteiger partial charge in [-0.2, -0.15) is 0 Å². The van der Waals surface area contributed by atoms with Gasteiger partial charge in [-0.05, 0) is 18.6 Å². The Bertz CT molecular complexity index is 630. The van der Waals surface area contributed by atoms with Gasteiger partial charge in [-0.25, -0.2) is 4.98 Å². The molecule has 1 aromatic heterocycles. The first kappa shape index (κ1) is 14.7. The molecule has 1 heterocycles. The van der Waals surface area contributed by atoms with Crippen molar-refractivity contribution in [2.45, 2.75) is 19.3 Å². The summed E-state index contributed by atoms with van der Waals surface area (Å²) >= 11 is 7.50. The van der Waals surface area contributed by atoms with Crippen molar-refractivity contribution in [2.24, 2.45) is 0 Å². The summed E-state index contributed by atoms with van der Waals surface area (Å²) in [4.78, 5) is 16.8. The minimum atomic E-state index is -0.413. The molecule has 0 saturated carbocycles. The van der Waals surface area contributed by atoms with Gasteiger partial charge in [0, 0.05) is 36.1 Å². The van der Waals surface area contributed by atoms with Crippen LogP contribution in [0.2, 0.25) is 0 Å². The zero-order chi connectivity index (χ0) is 14.7. The highest BCUT2D eigenvalue weighted by atomic mass is 35.5. The molecule has 0 N–H and O–H groups in total. The van der Waals surface area contributed by atoms with E-state index in [4.69, 9.17) is 11.6 Å². The zero-order valence-electron chi connectivity index (χ0n) is 11.2. The quantitative estimate of drug-likeness (QED) is 0.479. The lowest BCUT2D eigenvalue weighted by atomic mass is 10.1. The summed E-state index contributed by atoms with van der Waals surface area (Å²) in [5, 5.41) is 13.8. The molecule has 2 rings (SSSR count). The van der Waals surface area contributed by atoms with E-state index in [-0.39, 0.29) is 11.6 Å². The molecule has 0 bridgehead atoms. The van der Waals surface area contributed by atoms with E-state index in [1.165, 1.54) is 12.1 Å². The number of alkyl halides is 1. The number of anilines is 1. The number of benzene rings is 1. The van der Waals surface area contributed by atoms with Crippen LogP contribution < -0.4 is 4.90 Å². The highest BCUT2D eigenvalue weighted by molar-refractivity contribution is 7.09. The topological polar surface area (TPSA) is 59.3 Å². The Hall–Kier alpha value is -1.66. The minimum Gasteiger partial charge on any atom is -0.368 e. The maximum absolute atomic E-state index is 10.8. The van der Waals surface area contributed by atoms with Crippen molar-refractivity contribution >= 4 is 34.3 Å². The summed E-state index contributed by atoms with van der Waals surface area (Å²) in [5.41, 5.74) is 2.67. The fourth-order valence-electron chi connectivity index (χ4n) is 1.97. The Labute approximate surface area is 126 Å². The van der Waals surface area contributed by atoms with Crippen LogP contribution in [0.25, 0.3) is 0 Å². The van der Waals surface area contributed by atoms with E-state index in [1.54, 1.807) is 17.4 Å². The number of nitrogens with zero attached hydrogens (tertiary/aromatic N) is 3. The van der Waals surface area contributed by atoms with Gasteiger partial charge in [-0.15, -0.1) is 22.9 Å². The lowest BCUT2D eigenvalue weighted by Gasteiger charge is -2.20. The molecule has 0 unspecified atom stereocenters. The Morgan fingerprint density at radius 3 is 2.80 bits per heavy atom. The van der Waals surface area contributed by atoms with Crippen LogP contribution in [0.3, 0.4) is 0 Å². The average molecular weight is 312 g/mol. The second-order valence-electron chi connectivity index (χ2n) is 4.42. The number of aryl methyl sites for hydroxylation is 1. The van der Waals surface area contributed by atoms with Crippen molar-refractivity contribution < 1.29 is 4.92 Å². The SMILES string of the molecule is Cc1nc(CN(C)c2ccc([N+](=O)[O-])cc2CCl)cs1.